The van der Waals surface area contributed by atoms with Crippen LogP contribution in [0.3, 0.4) is 0 Å². The third-order valence-corrected chi connectivity index (χ3v) is 2.49. The highest BCUT2D eigenvalue weighted by Gasteiger charge is 2.32. The fourth-order valence-electron chi connectivity index (χ4n) is 1.60. The third-order valence-electron chi connectivity index (χ3n) is 2.49. The van der Waals surface area contributed by atoms with Crippen LogP contribution >= 0.6 is 0 Å². The minimum absolute atomic E-state index is 0.311. The molecule has 0 bridgehead atoms. The van der Waals surface area contributed by atoms with Gasteiger partial charge in [-0.2, -0.15) is 0 Å². The number of Topliss-reactive ketones (excluding diaryl/α,β-unsaturated/α-hetero) is 1. The van der Waals surface area contributed by atoms with Crippen LogP contribution in [0.15, 0.2) is 0 Å². The average molecular weight is 164 g/mol. The molecule has 1 atom stereocenters. The Morgan fingerprint density at radius 3 is 2.83 bits per heavy atom. The Morgan fingerprint density at radius 1 is 1.50 bits per heavy atom. The van der Waals surface area contributed by atoms with Crippen molar-refractivity contribution < 1.29 is 4.79 Å². The Labute approximate surface area is 74.5 Å². The number of rotatable bonds is 0. The summed E-state index contributed by atoms with van der Waals surface area (Å²) in [6.45, 7) is 4.00. The predicted molar refractivity (Wildman–Crippen MR) is 49.6 cm³/mol. The highest BCUT2D eigenvalue weighted by atomic mass is 16.1. The maximum atomic E-state index is 11.5. The summed E-state index contributed by atoms with van der Waals surface area (Å²) in [5, 5.41) is 0. The van der Waals surface area contributed by atoms with Crippen LogP contribution in [0.2, 0.25) is 0 Å². The van der Waals surface area contributed by atoms with E-state index in [2.05, 4.69) is 11.8 Å². The van der Waals surface area contributed by atoms with Crippen molar-refractivity contribution in [2.75, 3.05) is 0 Å². The molecule has 1 aliphatic rings. The van der Waals surface area contributed by atoms with Gasteiger partial charge in [-0.25, -0.2) is 0 Å². The molecule has 0 aromatic rings. The number of hydrogen-bond acceptors (Lipinski definition) is 1. The Hall–Kier alpha value is -0.770. The average Bonchev–Trinajstić information content (AvgIpc) is 2.07. The molecule has 0 spiro atoms. The number of ketones is 1. The molecule has 0 N–H and O–H groups in total. The zero-order chi connectivity index (χ0) is 9.03. The quantitative estimate of drug-likeness (QED) is 0.503. The van der Waals surface area contributed by atoms with Gasteiger partial charge in [0.15, 0.2) is 5.78 Å². The van der Waals surface area contributed by atoms with Gasteiger partial charge < -0.3 is 0 Å². The van der Waals surface area contributed by atoms with Crippen LogP contribution in [0.5, 0.6) is 0 Å². The van der Waals surface area contributed by atoms with E-state index in [1.165, 1.54) is 0 Å². The molecule has 0 aromatic carbocycles. The molecule has 0 saturated heterocycles. The lowest BCUT2D eigenvalue weighted by Crippen LogP contribution is -2.29. The first-order chi connectivity index (χ1) is 5.69. The lowest BCUT2D eigenvalue weighted by Gasteiger charge is -2.26. The smallest absolute Gasteiger partial charge is 0.150 e. The molecule has 1 heteroatoms. The van der Waals surface area contributed by atoms with Crippen LogP contribution in [-0.4, -0.2) is 5.78 Å². The van der Waals surface area contributed by atoms with Gasteiger partial charge in [0.25, 0.3) is 0 Å². The van der Waals surface area contributed by atoms with Gasteiger partial charge in [-0.05, 0) is 19.8 Å². The van der Waals surface area contributed by atoms with E-state index in [1.54, 1.807) is 0 Å². The second kappa shape index (κ2) is 3.76. The Bertz CT molecular complexity index is 231. The molecule has 1 nitrogen and oxygen atoms in total. The van der Waals surface area contributed by atoms with Crippen LogP contribution in [0.4, 0.5) is 0 Å². The summed E-state index contributed by atoms with van der Waals surface area (Å²) in [7, 11) is 0. The highest BCUT2D eigenvalue weighted by Crippen LogP contribution is 2.31. The molecule has 0 amide bonds. The van der Waals surface area contributed by atoms with Crippen LogP contribution in [0, 0.1) is 17.3 Å². The first-order valence-electron chi connectivity index (χ1n) is 4.72. The van der Waals surface area contributed by atoms with E-state index in [0.717, 1.165) is 32.1 Å². The summed E-state index contributed by atoms with van der Waals surface area (Å²) in [6, 6.07) is 0. The molecular weight excluding hydrogens is 148 g/mol. The molecule has 1 unspecified atom stereocenters. The maximum Gasteiger partial charge on any atom is 0.150 e. The second-order valence-corrected chi connectivity index (χ2v) is 3.62. The lowest BCUT2D eigenvalue weighted by atomic mass is 9.75. The predicted octanol–water partition coefficient (Wildman–Crippen LogP) is 2.55. The van der Waals surface area contributed by atoms with Crippen molar-refractivity contribution >= 4 is 5.78 Å². The third kappa shape index (κ3) is 1.88. The fourth-order valence-corrected chi connectivity index (χ4v) is 1.60. The molecular formula is C11H16O. The molecule has 66 valence electrons. The van der Waals surface area contributed by atoms with E-state index in [1.807, 2.05) is 13.8 Å². The van der Waals surface area contributed by atoms with Gasteiger partial charge in [0.05, 0.1) is 5.41 Å². The summed E-state index contributed by atoms with van der Waals surface area (Å²) in [5.74, 6) is 6.46. The van der Waals surface area contributed by atoms with E-state index < -0.39 is 0 Å². The molecule has 1 rings (SSSR count). The Morgan fingerprint density at radius 2 is 2.25 bits per heavy atom. The molecule has 1 aliphatic carbocycles. The molecule has 0 radical (unpaired) electrons. The lowest BCUT2D eigenvalue weighted by molar-refractivity contribution is -0.127. The highest BCUT2D eigenvalue weighted by molar-refractivity contribution is 5.88. The van der Waals surface area contributed by atoms with Gasteiger partial charge in [-0.3, -0.25) is 4.79 Å². The van der Waals surface area contributed by atoms with E-state index in [-0.39, 0.29) is 5.41 Å². The summed E-state index contributed by atoms with van der Waals surface area (Å²) >= 11 is 0. The van der Waals surface area contributed by atoms with Crippen LogP contribution < -0.4 is 0 Å². The monoisotopic (exact) mass is 164 g/mol. The topological polar surface area (TPSA) is 17.1 Å². The van der Waals surface area contributed by atoms with Crippen LogP contribution in [0.25, 0.3) is 0 Å². The molecule has 0 heterocycles. The number of carbonyl (C=O) groups is 1. The van der Waals surface area contributed by atoms with Crippen molar-refractivity contribution in [3.8, 4) is 11.8 Å². The van der Waals surface area contributed by atoms with Crippen molar-refractivity contribution in [2.24, 2.45) is 5.41 Å². The molecule has 1 saturated carbocycles. The SMILES string of the molecule is CCC#CC1(C)CCCCC1=O. The van der Waals surface area contributed by atoms with E-state index in [9.17, 15) is 4.79 Å². The zero-order valence-electron chi connectivity index (χ0n) is 7.94. The van der Waals surface area contributed by atoms with Gasteiger partial charge in [0.2, 0.25) is 0 Å². The zero-order valence-corrected chi connectivity index (χ0v) is 7.94. The van der Waals surface area contributed by atoms with E-state index in [4.69, 9.17) is 0 Å². The molecule has 1 fully saturated rings. The van der Waals surface area contributed by atoms with E-state index in [0.29, 0.717) is 5.78 Å². The molecule has 0 aromatic heterocycles. The van der Waals surface area contributed by atoms with Crippen LogP contribution in [0.1, 0.15) is 46.0 Å². The van der Waals surface area contributed by atoms with Gasteiger partial charge in [0.1, 0.15) is 0 Å². The van der Waals surface area contributed by atoms with Crippen molar-refractivity contribution in [2.45, 2.75) is 46.0 Å². The summed E-state index contributed by atoms with van der Waals surface area (Å²) in [5.41, 5.74) is -0.311. The van der Waals surface area contributed by atoms with Gasteiger partial charge in [-0.15, -0.1) is 5.92 Å². The fraction of sp³-hybridized carbons (Fsp3) is 0.727. The first-order valence-corrected chi connectivity index (χ1v) is 4.72. The Balaban J connectivity index is 2.72. The second-order valence-electron chi connectivity index (χ2n) is 3.62. The van der Waals surface area contributed by atoms with Crippen molar-refractivity contribution in [3.05, 3.63) is 0 Å². The van der Waals surface area contributed by atoms with Crippen molar-refractivity contribution in [1.29, 1.82) is 0 Å². The Kier molecular flexibility index (Phi) is 2.92. The molecule has 12 heavy (non-hydrogen) atoms. The summed E-state index contributed by atoms with van der Waals surface area (Å²) in [4.78, 5) is 11.5. The van der Waals surface area contributed by atoms with Crippen molar-refractivity contribution in [3.63, 3.8) is 0 Å². The van der Waals surface area contributed by atoms with Crippen molar-refractivity contribution in [1.82, 2.24) is 0 Å². The van der Waals surface area contributed by atoms with Crippen LogP contribution in [-0.2, 0) is 4.79 Å². The normalized spacial score (nSPS) is 29.3. The summed E-state index contributed by atoms with van der Waals surface area (Å²) < 4.78 is 0. The maximum absolute atomic E-state index is 11.5. The minimum Gasteiger partial charge on any atom is -0.298 e. The minimum atomic E-state index is -0.311. The largest absolute Gasteiger partial charge is 0.298 e. The van der Waals surface area contributed by atoms with Gasteiger partial charge >= 0.3 is 0 Å². The summed E-state index contributed by atoms with van der Waals surface area (Å²) in [6.07, 6.45) is 4.75. The number of hydrogen-bond donors (Lipinski definition) is 0. The van der Waals surface area contributed by atoms with Gasteiger partial charge in [-0.1, -0.05) is 19.3 Å². The molecule has 0 aliphatic heterocycles. The first kappa shape index (κ1) is 9.32. The standard InChI is InChI=1S/C11H16O/c1-3-4-8-11(2)9-6-5-7-10(11)12/h3,5-7,9H2,1-2H3. The van der Waals surface area contributed by atoms with Gasteiger partial charge in [0, 0.05) is 12.8 Å². The van der Waals surface area contributed by atoms with E-state index >= 15 is 0 Å². The number of carbonyl (C=O) groups excluding carboxylic acids is 1.